The molecular weight excluding hydrogens is 362 g/mol. The molecule has 10 nitrogen and oxygen atoms in total. The van der Waals surface area contributed by atoms with Crippen LogP contribution in [0, 0.1) is 10.1 Å². The lowest BCUT2D eigenvalue weighted by Crippen LogP contribution is -2.28. The van der Waals surface area contributed by atoms with E-state index in [2.05, 4.69) is 10.4 Å². The van der Waals surface area contributed by atoms with E-state index < -0.39 is 20.9 Å². The average Bonchev–Trinajstić information content (AvgIpc) is 3.27. The van der Waals surface area contributed by atoms with Crippen molar-refractivity contribution >= 4 is 27.3 Å². The number of rotatable bonds is 6. The molecule has 2 aromatic rings. The van der Waals surface area contributed by atoms with Crippen LogP contribution in [0.4, 0.5) is 11.4 Å². The second-order valence-corrected chi connectivity index (χ2v) is 7.78. The normalized spacial score (nSPS) is 15.1. The number of nitrogens with one attached hydrogen (secondary N) is 1. The molecule has 0 spiro atoms. The molecule has 26 heavy (non-hydrogen) atoms. The van der Waals surface area contributed by atoms with E-state index in [1.807, 2.05) is 0 Å². The zero-order valence-electron chi connectivity index (χ0n) is 13.7. The molecule has 1 aromatic carbocycles. The maximum atomic E-state index is 12.6. The molecule has 1 fully saturated rings. The van der Waals surface area contributed by atoms with Crippen molar-refractivity contribution in [2.45, 2.75) is 24.3 Å². The number of hydrogen-bond donors (Lipinski definition) is 1. The first-order valence-electron chi connectivity index (χ1n) is 7.93. The van der Waals surface area contributed by atoms with Crippen LogP contribution in [0.5, 0.6) is 0 Å². The van der Waals surface area contributed by atoms with E-state index in [0.29, 0.717) is 18.8 Å². The Balaban J connectivity index is 1.69. The van der Waals surface area contributed by atoms with Gasteiger partial charge in [0.15, 0.2) is 0 Å². The molecule has 0 unspecified atom stereocenters. The highest BCUT2D eigenvalue weighted by molar-refractivity contribution is 7.89. The Morgan fingerprint density at radius 3 is 2.69 bits per heavy atom. The van der Waals surface area contributed by atoms with Gasteiger partial charge in [0.25, 0.3) is 0 Å². The first-order chi connectivity index (χ1) is 12.4. The average molecular weight is 379 g/mol. The maximum Gasteiger partial charge on any atom is 0.307 e. The predicted octanol–water partition coefficient (Wildman–Crippen LogP) is 1.21. The molecule has 3 rings (SSSR count). The summed E-state index contributed by atoms with van der Waals surface area (Å²) in [6.45, 7) is 0.769. The quantitative estimate of drug-likeness (QED) is 0.594. The van der Waals surface area contributed by atoms with E-state index in [1.165, 1.54) is 16.4 Å². The lowest BCUT2D eigenvalue weighted by atomic mass is 10.3. The molecular formula is C15H17N5O5S. The minimum Gasteiger partial charge on any atom is -0.324 e. The number of aromatic nitrogens is 2. The molecule has 2 heterocycles. The molecule has 0 saturated carbocycles. The van der Waals surface area contributed by atoms with Crippen LogP contribution in [0.2, 0.25) is 0 Å². The number of anilines is 1. The van der Waals surface area contributed by atoms with Crippen LogP contribution in [0.3, 0.4) is 0 Å². The third-order valence-corrected chi connectivity index (χ3v) is 5.85. The number of hydrogen-bond acceptors (Lipinski definition) is 6. The predicted molar refractivity (Wildman–Crippen MR) is 91.9 cm³/mol. The third kappa shape index (κ3) is 3.89. The number of amides is 1. The van der Waals surface area contributed by atoms with Gasteiger partial charge < -0.3 is 5.32 Å². The number of nitrogens with zero attached hydrogens (tertiary/aromatic N) is 4. The molecule has 11 heteroatoms. The van der Waals surface area contributed by atoms with E-state index in [9.17, 15) is 23.3 Å². The highest BCUT2D eigenvalue weighted by atomic mass is 32.2. The van der Waals surface area contributed by atoms with Crippen molar-refractivity contribution in [1.29, 1.82) is 0 Å². The van der Waals surface area contributed by atoms with Crippen LogP contribution in [0.15, 0.2) is 41.6 Å². The fourth-order valence-electron chi connectivity index (χ4n) is 2.69. The number of benzene rings is 1. The summed E-state index contributed by atoms with van der Waals surface area (Å²) in [6.07, 6.45) is 3.88. The van der Waals surface area contributed by atoms with Crippen molar-refractivity contribution in [2.24, 2.45) is 0 Å². The third-order valence-electron chi connectivity index (χ3n) is 3.96. The van der Waals surface area contributed by atoms with Gasteiger partial charge in [-0.1, -0.05) is 6.07 Å². The SMILES string of the molecule is O=C(Cn1cc([N+](=O)[O-])cn1)Nc1cccc(S(=O)(=O)N2CCCC2)c1. The molecule has 138 valence electrons. The Kier molecular flexibility index (Phi) is 5.00. The molecule has 0 bridgehead atoms. The van der Waals surface area contributed by atoms with Gasteiger partial charge in [0.1, 0.15) is 18.9 Å². The lowest BCUT2D eigenvalue weighted by Gasteiger charge is -2.16. The second kappa shape index (κ2) is 7.22. The van der Waals surface area contributed by atoms with Gasteiger partial charge in [-0.25, -0.2) is 8.42 Å². The van der Waals surface area contributed by atoms with Gasteiger partial charge in [-0.15, -0.1) is 0 Å². The van der Waals surface area contributed by atoms with Gasteiger partial charge in [-0.3, -0.25) is 19.6 Å². The van der Waals surface area contributed by atoms with Crippen molar-refractivity contribution in [3.05, 3.63) is 46.8 Å². The second-order valence-electron chi connectivity index (χ2n) is 5.84. The Morgan fingerprint density at radius 2 is 2.04 bits per heavy atom. The molecule has 1 saturated heterocycles. The molecule has 0 radical (unpaired) electrons. The van der Waals surface area contributed by atoms with Gasteiger partial charge in [0, 0.05) is 18.8 Å². The summed E-state index contributed by atoms with van der Waals surface area (Å²) in [7, 11) is -3.57. The van der Waals surface area contributed by atoms with E-state index >= 15 is 0 Å². The number of carbonyl (C=O) groups is 1. The van der Waals surface area contributed by atoms with Gasteiger partial charge in [-0.2, -0.15) is 9.40 Å². The smallest absolute Gasteiger partial charge is 0.307 e. The number of nitro groups is 1. The first-order valence-corrected chi connectivity index (χ1v) is 9.37. The number of sulfonamides is 1. The highest BCUT2D eigenvalue weighted by Gasteiger charge is 2.27. The van der Waals surface area contributed by atoms with Crippen molar-refractivity contribution in [3.8, 4) is 0 Å². The first kappa shape index (κ1) is 18.0. The summed E-state index contributed by atoms with van der Waals surface area (Å²) in [5, 5.41) is 16.9. The topological polar surface area (TPSA) is 127 Å². The molecule has 1 aliphatic heterocycles. The molecule has 0 aliphatic carbocycles. The monoisotopic (exact) mass is 379 g/mol. The minimum absolute atomic E-state index is 0.118. The van der Waals surface area contributed by atoms with Gasteiger partial charge in [0.2, 0.25) is 15.9 Å². The zero-order valence-corrected chi connectivity index (χ0v) is 14.6. The zero-order chi connectivity index (χ0) is 18.7. The summed E-state index contributed by atoms with van der Waals surface area (Å²) in [4.78, 5) is 22.2. The lowest BCUT2D eigenvalue weighted by molar-refractivity contribution is -0.385. The largest absolute Gasteiger partial charge is 0.324 e. The van der Waals surface area contributed by atoms with Crippen LogP contribution < -0.4 is 5.32 Å². The molecule has 1 aromatic heterocycles. The van der Waals surface area contributed by atoms with E-state index in [4.69, 9.17) is 0 Å². The summed E-state index contributed by atoms with van der Waals surface area (Å²) in [6, 6.07) is 6.01. The van der Waals surface area contributed by atoms with Crippen LogP contribution in [-0.4, -0.2) is 46.4 Å². The molecule has 0 atom stereocenters. The number of carbonyl (C=O) groups excluding carboxylic acids is 1. The minimum atomic E-state index is -3.57. The van der Waals surface area contributed by atoms with Crippen molar-refractivity contribution in [2.75, 3.05) is 18.4 Å². The fraction of sp³-hybridized carbons (Fsp3) is 0.333. The Morgan fingerprint density at radius 1 is 1.31 bits per heavy atom. The van der Waals surface area contributed by atoms with Crippen LogP contribution in [0.25, 0.3) is 0 Å². The summed E-state index contributed by atoms with van der Waals surface area (Å²) in [5.74, 6) is -0.473. The van der Waals surface area contributed by atoms with Crippen molar-refractivity contribution in [1.82, 2.24) is 14.1 Å². The Bertz CT molecular complexity index is 933. The van der Waals surface area contributed by atoms with Gasteiger partial charge >= 0.3 is 5.69 Å². The highest BCUT2D eigenvalue weighted by Crippen LogP contribution is 2.23. The van der Waals surface area contributed by atoms with E-state index in [-0.39, 0.29) is 17.1 Å². The summed E-state index contributed by atoms with van der Waals surface area (Å²) in [5.41, 5.74) is 0.119. The Labute approximate surface area is 149 Å². The van der Waals surface area contributed by atoms with Crippen LogP contribution in [-0.2, 0) is 21.4 Å². The molecule has 1 N–H and O–H groups in total. The van der Waals surface area contributed by atoms with Gasteiger partial charge in [0.05, 0.1) is 9.82 Å². The van der Waals surface area contributed by atoms with Gasteiger partial charge in [-0.05, 0) is 31.0 Å². The molecule has 1 aliphatic rings. The van der Waals surface area contributed by atoms with E-state index in [0.717, 1.165) is 29.9 Å². The standard InChI is InChI=1S/C15H17N5O5S/c21-15(11-18-10-13(9-16-18)20(22)23)17-12-4-3-5-14(8-12)26(24,25)19-6-1-2-7-19/h3-5,8-10H,1-2,6-7,11H2,(H,17,21). The van der Waals surface area contributed by atoms with Crippen LogP contribution >= 0.6 is 0 Å². The summed E-state index contributed by atoms with van der Waals surface area (Å²) < 4.78 is 27.7. The maximum absolute atomic E-state index is 12.6. The van der Waals surface area contributed by atoms with Crippen LogP contribution in [0.1, 0.15) is 12.8 Å². The van der Waals surface area contributed by atoms with Crippen molar-refractivity contribution < 1.29 is 18.1 Å². The fourth-order valence-corrected chi connectivity index (χ4v) is 4.26. The van der Waals surface area contributed by atoms with Crippen molar-refractivity contribution in [3.63, 3.8) is 0 Å². The Hall–Kier alpha value is -2.79. The van der Waals surface area contributed by atoms with E-state index in [1.54, 1.807) is 12.1 Å². The molecule has 1 amide bonds. The summed E-state index contributed by atoms with van der Waals surface area (Å²) >= 11 is 0.